The Labute approximate surface area is 155 Å². The lowest BCUT2D eigenvalue weighted by molar-refractivity contribution is -0.152. The third-order valence-electron chi connectivity index (χ3n) is 4.28. The van der Waals surface area contributed by atoms with E-state index in [-0.39, 0.29) is 36.4 Å². The summed E-state index contributed by atoms with van der Waals surface area (Å²) in [5.74, 6) is -0.920. The van der Waals surface area contributed by atoms with Crippen molar-refractivity contribution in [3.63, 3.8) is 0 Å². The van der Waals surface area contributed by atoms with Crippen LogP contribution >= 0.6 is 11.3 Å². The molecule has 1 aromatic carbocycles. The number of hydrogen-bond acceptors (Lipinski definition) is 7. The molecule has 1 aliphatic heterocycles. The molecule has 0 N–H and O–H groups in total. The van der Waals surface area contributed by atoms with Crippen molar-refractivity contribution in [2.24, 2.45) is 5.92 Å². The summed E-state index contributed by atoms with van der Waals surface area (Å²) in [5, 5.41) is 0.810. The largest absolute Gasteiger partial charge is 0.456 e. The summed E-state index contributed by atoms with van der Waals surface area (Å²) in [6.07, 6.45) is 0.511. The minimum atomic E-state index is -3.02. The van der Waals surface area contributed by atoms with Gasteiger partial charge in [0.2, 0.25) is 0 Å². The van der Waals surface area contributed by atoms with Gasteiger partial charge in [0.15, 0.2) is 16.4 Å². The molecule has 1 atom stereocenters. The van der Waals surface area contributed by atoms with Crippen LogP contribution in [0.25, 0.3) is 10.2 Å². The van der Waals surface area contributed by atoms with Gasteiger partial charge in [0.05, 0.1) is 28.3 Å². The highest BCUT2D eigenvalue weighted by molar-refractivity contribution is 7.91. The highest BCUT2D eigenvalue weighted by Crippen LogP contribution is 2.23. The number of rotatable bonds is 6. The van der Waals surface area contributed by atoms with Gasteiger partial charge >= 0.3 is 5.97 Å². The maximum Gasteiger partial charge on any atom is 0.306 e. The second kappa shape index (κ2) is 7.71. The first-order valence-corrected chi connectivity index (χ1v) is 10.9. The second-order valence-corrected chi connectivity index (χ2v) is 9.80. The van der Waals surface area contributed by atoms with E-state index in [1.165, 1.54) is 16.2 Å². The van der Waals surface area contributed by atoms with Crippen molar-refractivity contribution in [1.29, 1.82) is 0 Å². The van der Waals surface area contributed by atoms with E-state index in [2.05, 4.69) is 4.98 Å². The van der Waals surface area contributed by atoms with Crippen LogP contribution in [0, 0.1) is 5.92 Å². The molecular formula is C17H20N2O5S2. The first-order chi connectivity index (χ1) is 12.3. The topological polar surface area (TPSA) is 93.6 Å². The molecule has 0 saturated carbocycles. The number of para-hydroxylation sites is 1. The highest BCUT2D eigenvalue weighted by atomic mass is 32.2. The van der Waals surface area contributed by atoms with E-state index < -0.39 is 15.8 Å². The zero-order valence-corrected chi connectivity index (χ0v) is 16.0. The van der Waals surface area contributed by atoms with Crippen molar-refractivity contribution in [3.05, 3.63) is 29.3 Å². The number of esters is 1. The Morgan fingerprint density at radius 2 is 2.12 bits per heavy atom. The number of sulfone groups is 1. The molecular weight excluding hydrogens is 376 g/mol. The molecule has 26 heavy (non-hydrogen) atoms. The highest BCUT2D eigenvalue weighted by Gasteiger charge is 2.30. The summed E-state index contributed by atoms with van der Waals surface area (Å²) < 4.78 is 28.9. The lowest BCUT2D eigenvalue weighted by atomic mass is 10.1. The van der Waals surface area contributed by atoms with E-state index in [0.29, 0.717) is 13.0 Å². The average Bonchev–Trinajstić information content (AvgIpc) is 3.14. The van der Waals surface area contributed by atoms with E-state index >= 15 is 0 Å². The van der Waals surface area contributed by atoms with Crippen molar-refractivity contribution in [2.45, 2.75) is 19.4 Å². The molecule has 0 spiro atoms. The van der Waals surface area contributed by atoms with Gasteiger partial charge in [-0.15, -0.1) is 11.3 Å². The molecule has 2 heterocycles. The zero-order valence-electron chi connectivity index (χ0n) is 14.4. The van der Waals surface area contributed by atoms with E-state index in [4.69, 9.17) is 4.74 Å². The van der Waals surface area contributed by atoms with Gasteiger partial charge in [-0.1, -0.05) is 12.1 Å². The first kappa shape index (κ1) is 18.8. The smallest absolute Gasteiger partial charge is 0.306 e. The van der Waals surface area contributed by atoms with E-state index in [1.54, 1.807) is 7.05 Å². The molecule has 2 aromatic rings. The monoisotopic (exact) mass is 396 g/mol. The van der Waals surface area contributed by atoms with Gasteiger partial charge in [0, 0.05) is 13.5 Å². The van der Waals surface area contributed by atoms with Crippen LogP contribution in [-0.2, 0) is 30.7 Å². The summed E-state index contributed by atoms with van der Waals surface area (Å²) >= 11 is 1.52. The van der Waals surface area contributed by atoms with Crippen molar-refractivity contribution in [1.82, 2.24) is 9.88 Å². The Hall–Kier alpha value is -2.00. The van der Waals surface area contributed by atoms with Crippen LogP contribution in [0.3, 0.4) is 0 Å². The Bertz CT molecular complexity index is 889. The summed E-state index contributed by atoms with van der Waals surface area (Å²) in [4.78, 5) is 29.9. The minimum absolute atomic E-state index is 0.0214. The number of benzene rings is 1. The fourth-order valence-corrected chi connectivity index (χ4v) is 5.74. The van der Waals surface area contributed by atoms with Crippen LogP contribution in [0.1, 0.15) is 17.8 Å². The molecule has 0 aliphatic carbocycles. The Morgan fingerprint density at radius 1 is 1.35 bits per heavy atom. The summed E-state index contributed by atoms with van der Waals surface area (Å²) in [5.41, 5.74) is 0.895. The maximum atomic E-state index is 12.1. The molecule has 1 aromatic heterocycles. The van der Waals surface area contributed by atoms with Crippen molar-refractivity contribution < 1.29 is 22.7 Å². The molecule has 0 radical (unpaired) electrons. The Balaban J connectivity index is 1.46. The summed E-state index contributed by atoms with van der Waals surface area (Å²) in [6, 6.07) is 7.75. The number of aromatic nitrogens is 1. The zero-order chi connectivity index (χ0) is 18.7. The molecule has 1 saturated heterocycles. The molecule has 3 rings (SSSR count). The number of amides is 1. The van der Waals surface area contributed by atoms with Gasteiger partial charge in [0.1, 0.15) is 5.01 Å². The van der Waals surface area contributed by atoms with E-state index in [0.717, 1.165) is 15.2 Å². The molecule has 1 aliphatic rings. The standard InChI is InChI=1S/C17H20N2O5S2/c1-19(9-15-18-13-4-2-3-5-14(13)25-15)16(20)10-24-17(21)8-12-6-7-26(22,23)11-12/h2-5,12H,6-11H2,1H3/t12-/m0/s1. The number of nitrogens with zero attached hydrogens (tertiary/aromatic N) is 2. The molecule has 0 unspecified atom stereocenters. The number of likely N-dealkylation sites (N-methyl/N-ethyl adjacent to an activating group) is 1. The maximum absolute atomic E-state index is 12.1. The van der Waals surface area contributed by atoms with Gasteiger partial charge in [-0.25, -0.2) is 13.4 Å². The van der Waals surface area contributed by atoms with Gasteiger partial charge in [-0.2, -0.15) is 0 Å². The fourth-order valence-electron chi connectivity index (χ4n) is 2.86. The fraction of sp³-hybridized carbons (Fsp3) is 0.471. The van der Waals surface area contributed by atoms with Gasteiger partial charge in [-0.3, -0.25) is 9.59 Å². The predicted octanol–water partition coefficient (Wildman–Crippen LogP) is 1.62. The number of hydrogen-bond donors (Lipinski definition) is 0. The first-order valence-electron chi connectivity index (χ1n) is 8.27. The number of fused-ring (bicyclic) bond motifs is 1. The predicted molar refractivity (Wildman–Crippen MR) is 98.4 cm³/mol. The summed E-state index contributed by atoms with van der Waals surface area (Å²) in [7, 11) is -1.39. The molecule has 1 amide bonds. The SMILES string of the molecule is CN(Cc1nc2ccccc2s1)C(=O)COC(=O)C[C@@H]1CCS(=O)(=O)C1. The number of carbonyl (C=O) groups excluding carboxylic acids is 2. The Morgan fingerprint density at radius 3 is 2.81 bits per heavy atom. The average molecular weight is 396 g/mol. The van der Waals surface area contributed by atoms with E-state index in [1.807, 2.05) is 24.3 Å². The normalized spacial score (nSPS) is 18.7. The quantitative estimate of drug-likeness (QED) is 0.689. The minimum Gasteiger partial charge on any atom is -0.456 e. The van der Waals surface area contributed by atoms with Gasteiger partial charge < -0.3 is 9.64 Å². The molecule has 0 bridgehead atoms. The van der Waals surface area contributed by atoms with Crippen LogP contribution < -0.4 is 0 Å². The van der Waals surface area contributed by atoms with Crippen molar-refractivity contribution >= 4 is 43.3 Å². The van der Waals surface area contributed by atoms with E-state index in [9.17, 15) is 18.0 Å². The molecule has 9 heteroatoms. The number of carbonyl (C=O) groups is 2. The van der Waals surface area contributed by atoms with Gasteiger partial charge in [-0.05, 0) is 24.5 Å². The van der Waals surface area contributed by atoms with Crippen LogP contribution in [0.4, 0.5) is 0 Å². The number of thiazole rings is 1. The van der Waals surface area contributed by atoms with Crippen LogP contribution in [0.15, 0.2) is 24.3 Å². The lowest BCUT2D eigenvalue weighted by Crippen LogP contribution is -2.31. The summed E-state index contributed by atoms with van der Waals surface area (Å²) in [6.45, 7) is -0.00367. The van der Waals surface area contributed by atoms with Crippen LogP contribution in [-0.4, -0.2) is 55.3 Å². The molecule has 140 valence electrons. The molecule has 1 fully saturated rings. The number of ether oxygens (including phenoxy) is 1. The molecule has 7 nitrogen and oxygen atoms in total. The third kappa shape index (κ3) is 4.79. The second-order valence-electron chi connectivity index (χ2n) is 6.46. The van der Waals surface area contributed by atoms with Crippen LogP contribution in [0.5, 0.6) is 0 Å². The van der Waals surface area contributed by atoms with Crippen molar-refractivity contribution in [3.8, 4) is 0 Å². The van der Waals surface area contributed by atoms with Crippen LogP contribution in [0.2, 0.25) is 0 Å². The third-order valence-corrected chi connectivity index (χ3v) is 7.13. The Kier molecular flexibility index (Phi) is 5.57. The van der Waals surface area contributed by atoms with Gasteiger partial charge in [0.25, 0.3) is 5.91 Å². The van der Waals surface area contributed by atoms with Crippen molar-refractivity contribution in [2.75, 3.05) is 25.2 Å². The lowest BCUT2D eigenvalue weighted by Gasteiger charge is -2.16.